The van der Waals surface area contributed by atoms with Crippen molar-refractivity contribution in [1.82, 2.24) is 0 Å². The zero-order valence-corrected chi connectivity index (χ0v) is 20.3. The molecule has 0 saturated heterocycles. The first-order valence-corrected chi connectivity index (χ1v) is 12.9. The second kappa shape index (κ2) is 8.24. The molecule has 10 atom stereocenters. The Kier molecular flexibility index (Phi) is 6.22. The van der Waals surface area contributed by atoms with E-state index in [2.05, 4.69) is 34.6 Å². The van der Waals surface area contributed by atoms with E-state index < -0.39 is 12.2 Å². The van der Waals surface area contributed by atoms with Crippen molar-refractivity contribution in [3.05, 3.63) is 0 Å². The number of Topliss-reactive ketones (excluding diaryl/α,β-unsaturated/α-hetero) is 2. The van der Waals surface area contributed by atoms with E-state index in [4.69, 9.17) is 0 Å². The van der Waals surface area contributed by atoms with E-state index in [0.29, 0.717) is 61.1 Å². The van der Waals surface area contributed by atoms with Crippen molar-refractivity contribution in [2.45, 2.75) is 105 Å². The lowest BCUT2D eigenvalue weighted by Gasteiger charge is -2.60. The Bertz CT molecular complexity index is 716. The van der Waals surface area contributed by atoms with E-state index in [1.807, 2.05) is 0 Å². The Hall–Kier alpha value is -0.740. The molecule has 0 unspecified atom stereocenters. The molecule has 0 aliphatic heterocycles. The molecule has 2 N–H and O–H groups in total. The summed E-state index contributed by atoms with van der Waals surface area (Å²) < 4.78 is 0. The van der Waals surface area contributed by atoms with Crippen molar-refractivity contribution in [3.63, 3.8) is 0 Å². The lowest BCUT2D eigenvalue weighted by molar-refractivity contribution is -0.160. The van der Waals surface area contributed by atoms with Crippen LogP contribution in [0.2, 0.25) is 0 Å². The largest absolute Gasteiger partial charge is 0.390 e. The van der Waals surface area contributed by atoms with Gasteiger partial charge in [0.15, 0.2) is 0 Å². The van der Waals surface area contributed by atoms with Gasteiger partial charge in [-0.15, -0.1) is 0 Å². The maximum Gasteiger partial charge on any atom is 0.137 e. The molecule has 0 aromatic heterocycles. The van der Waals surface area contributed by atoms with Crippen LogP contribution in [0, 0.1) is 52.3 Å². The molecule has 4 saturated carbocycles. The maximum absolute atomic E-state index is 13.2. The summed E-state index contributed by atoms with van der Waals surface area (Å²) in [5, 5.41) is 21.5. The van der Waals surface area contributed by atoms with E-state index in [-0.39, 0.29) is 28.4 Å². The predicted molar refractivity (Wildman–Crippen MR) is 121 cm³/mol. The normalized spacial score (nSPS) is 45.6. The number of fused-ring (bicyclic) bond motifs is 5. The molecule has 4 nitrogen and oxygen atoms in total. The molecule has 0 aromatic rings. The van der Waals surface area contributed by atoms with Gasteiger partial charge in [0.25, 0.3) is 0 Å². The summed E-state index contributed by atoms with van der Waals surface area (Å²) >= 11 is 0. The van der Waals surface area contributed by atoms with Crippen LogP contribution in [0.1, 0.15) is 92.4 Å². The Balaban J connectivity index is 1.54. The van der Waals surface area contributed by atoms with Crippen LogP contribution in [-0.2, 0) is 9.59 Å². The quantitative estimate of drug-likeness (QED) is 0.654. The second-order valence-corrected chi connectivity index (χ2v) is 12.6. The van der Waals surface area contributed by atoms with Crippen molar-refractivity contribution in [3.8, 4) is 0 Å². The Morgan fingerprint density at radius 2 is 1.61 bits per heavy atom. The van der Waals surface area contributed by atoms with E-state index in [0.717, 1.165) is 32.1 Å². The van der Waals surface area contributed by atoms with E-state index >= 15 is 0 Å². The average molecular weight is 433 g/mol. The van der Waals surface area contributed by atoms with Gasteiger partial charge in [-0.05, 0) is 84.9 Å². The molecule has 4 aliphatic carbocycles. The molecule has 0 spiro atoms. The topological polar surface area (TPSA) is 74.6 Å². The highest BCUT2D eigenvalue weighted by molar-refractivity contribution is 5.90. The maximum atomic E-state index is 13.2. The van der Waals surface area contributed by atoms with Crippen LogP contribution in [-0.4, -0.2) is 34.0 Å². The Labute approximate surface area is 188 Å². The summed E-state index contributed by atoms with van der Waals surface area (Å²) in [6.45, 7) is 11.0. The van der Waals surface area contributed by atoms with Crippen molar-refractivity contribution in [1.29, 1.82) is 0 Å². The second-order valence-electron chi connectivity index (χ2n) is 12.6. The van der Waals surface area contributed by atoms with Crippen LogP contribution in [0.15, 0.2) is 0 Å². The monoisotopic (exact) mass is 432 g/mol. The minimum atomic E-state index is -0.681. The molecular formula is C27H44O4. The van der Waals surface area contributed by atoms with E-state index in [1.54, 1.807) is 0 Å². The third kappa shape index (κ3) is 3.74. The van der Waals surface area contributed by atoms with Gasteiger partial charge >= 0.3 is 0 Å². The first kappa shape index (κ1) is 23.4. The molecule has 176 valence electrons. The third-order valence-corrected chi connectivity index (χ3v) is 10.6. The number of ketones is 2. The molecule has 0 aromatic carbocycles. The molecule has 4 heteroatoms. The molecule has 0 bridgehead atoms. The smallest absolute Gasteiger partial charge is 0.137 e. The summed E-state index contributed by atoms with van der Waals surface area (Å²) in [5.41, 5.74) is 0.124. The highest BCUT2D eigenvalue weighted by Crippen LogP contribution is 2.67. The number of aliphatic hydroxyl groups is 2. The average Bonchev–Trinajstić information content (AvgIpc) is 3.05. The molecule has 0 radical (unpaired) electrons. The van der Waals surface area contributed by atoms with Gasteiger partial charge < -0.3 is 10.2 Å². The van der Waals surface area contributed by atoms with E-state index in [9.17, 15) is 19.8 Å². The fraction of sp³-hybridized carbons (Fsp3) is 0.926. The zero-order valence-electron chi connectivity index (χ0n) is 20.3. The zero-order chi connectivity index (χ0) is 22.7. The fourth-order valence-electron chi connectivity index (χ4n) is 8.95. The molecule has 0 amide bonds. The van der Waals surface area contributed by atoms with Crippen LogP contribution in [0.25, 0.3) is 0 Å². The highest BCUT2D eigenvalue weighted by atomic mass is 16.3. The van der Waals surface area contributed by atoms with Crippen molar-refractivity contribution < 1.29 is 19.8 Å². The number of aliphatic hydroxyl groups excluding tert-OH is 2. The molecule has 4 fully saturated rings. The van der Waals surface area contributed by atoms with E-state index in [1.165, 1.54) is 0 Å². The SMILES string of the molecule is CC(C)C[C@@H](O)[C@H](O)[C@@H](C)[C@H]1CC[C@H]2[C@@H]3CC(=O)[C@H]4CC(=O)CC[C@]4(C)[C@H]3CC[C@]12C. The molecule has 4 rings (SSSR count). The summed E-state index contributed by atoms with van der Waals surface area (Å²) in [4.78, 5) is 25.3. The highest BCUT2D eigenvalue weighted by Gasteiger charge is 2.62. The lowest BCUT2D eigenvalue weighted by atomic mass is 9.44. The van der Waals surface area contributed by atoms with Crippen LogP contribution in [0.5, 0.6) is 0 Å². The fourth-order valence-corrected chi connectivity index (χ4v) is 8.95. The lowest BCUT2D eigenvalue weighted by Crippen LogP contribution is -2.57. The number of hydrogen-bond donors (Lipinski definition) is 2. The summed E-state index contributed by atoms with van der Waals surface area (Å²) in [6.07, 6.45) is 6.44. The number of hydrogen-bond acceptors (Lipinski definition) is 4. The number of carbonyl (C=O) groups excluding carboxylic acids is 2. The van der Waals surface area contributed by atoms with Gasteiger partial charge in [-0.1, -0.05) is 34.6 Å². The minimum Gasteiger partial charge on any atom is -0.390 e. The molecule has 31 heavy (non-hydrogen) atoms. The van der Waals surface area contributed by atoms with Gasteiger partial charge in [0.2, 0.25) is 0 Å². The first-order chi connectivity index (χ1) is 14.5. The predicted octanol–water partition coefficient (Wildman–Crippen LogP) is 4.80. The molecule has 4 aliphatic rings. The Morgan fingerprint density at radius 1 is 0.935 bits per heavy atom. The molecular weight excluding hydrogens is 388 g/mol. The molecule has 0 heterocycles. The van der Waals surface area contributed by atoms with Crippen molar-refractivity contribution in [2.75, 3.05) is 0 Å². The van der Waals surface area contributed by atoms with Gasteiger partial charge in [0.05, 0.1) is 12.2 Å². The summed E-state index contributed by atoms with van der Waals surface area (Å²) in [7, 11) is 0. The van der Waals surface area contributed by atoms with Gasteiger partial charge in [-0.25, -0.2) is 0 Å². The van der Waals surface area contributed by atoms with Crippen LogP contribution in [0.3, 0.4) is 0 Å². The minimum absolute atomic E-state index is 0.00802. The van der Waals surface area contributed by atoms with Crippen molar-refractivity contribution in [2.24, 2.45) is 52.3 Å². The third-order valence-electron chi connectivity index (χ3n) is 10.6. The van der Waals surface area contributed by atoms with Gasteiger partial charge in [-0.2, -0.15) is 0 Å². The van der Waals surface area contributed by atoms with Gasteiger partial charge in [-0.3, -0.25) is 9.59 Å². The Morgan fingerprint density at radius 3 is 2.29 bits per heavy atom. The van der Waals surface area contributed by atoms with Gasteiger partial charge in [0, 0.05) is 25.2 Å². The van der Waals surface area contributed by atoms with Crippen LogP contribution in [0.4, 0.5) is 0 Å². The number of carbonyl (C=O) groups is 2. The standard InChI is InChI=1S/C27H44O4/c1-15(2)12-24(30)25(31)16(3)19-6-7-20-18-14-23(29)22-13-17(28)8-10-27(22,5)21(18)9-11-26(19,20)4/h15-16,18-22,24-25,30-31H,6-14H2,1-5H3/t16-,18-,19+,20-,21-,22+,24+,25+,26+,27+/m0/s1. The summed E-state index contributed by atoms with van der Waals surface area (Å²) in [5.74, 6) is 2.88. The summed E-state index contributed by atoms with van der Waals surface area (Å²) in [6, 6.07) is 0. The van der Waals surface area contributed by atoms with Crippen molar-refractivity contribution >= 4 is 11.6 Å². The van der Waals surface area contributed by atoms with Crippen LogP contribution >= 0.6 is 0 Å². The first-order valence-electron chi connectivity index (χ1n) is 12.9. The van der Waals surface area contributed by atoms with Gasteiger partial charge in [0.1, 0.15) is 11.6 Å². The number of rotatable bonds is 5. The van der Waals surface area contributed by atoms with Crippen LogP contribution < -0.4 is 0 Å².